The van der Waals surface area contributed by atoms with Crippen molar-refractivity contribution in [1.29, 1.82) is 0 Å². The van der Waals surface area contributed by atoms with E-state index in [0.717, 1.165) is 20.6 Å². The summed E-state index contributed by atoms with van der Waals surface area (Å²) in [5.41, 5.74) is 0.229. The summed E-state index contributed by atoms with van der Waals surface area (Å²) in [5.74, 6) is -8.53. The molecule has 3 aliphatic rings. The van der Waals surface area contributed by atoms with Crippen LogP contribution in [-0.4, -0.2) is 166 Å². The fourth-order valence-electron chi connectivity index (χ4n) is 9.12. The number of nitrogens with one attached hydrogen (secondary N) is 4. The lowest BCUT2D eigenvalue weighted by Crippen LogP contribution is -2.49. The number of likely N-dealkylation sites (tertiary alicyclic amines) is 1. The molecule has 9 amide bonds. The topological polar surface area (TPSA) is 342 Å². The highest BCUT2D eigenvalue weighted by molar-refractivity contribution is 6.33. The second-order valence-corrected chi connectivity index (χ2v) is 17.7. The van der Waals surface area contributed by atoms with E-state index in [1.54, 1.807) is 24.3 Å². The number of aliphatic carboxylic acids is 3. The Kier molecular flexibility index (Phi) is 17.4. The maximum atomic E-state index is 13.8. The smallest absolute Gasteiger partial charge is 0.322 e. The zero-order valence-electron chi connectivity index (χ0n) is 40.3. The summed E-state index contributed by atoms with van der Waals surface area (Å²) in [6, 6.07) is 14.1. The largest absolute Gasteiger partial charge is 0.493 e. The third kappa shape index (κ3) is 12.6. The van der Waals surface area contributed by atoms with Crippen LogP contribution in [0.25, 0.3) is 21.5 Å². The minimum Gasteiger partial charge on any atom is -0.493 e. The van der Waals surface area contributed by atoms with Crippen LogP contribution in [0.2, 0.25) is 0 Å². The lowest BCUT2D eigenvalue weighted by Gasteiger charge is -2.32. The zero-order chi connectivity index (χ0) is 53.9. The zero-order valence-corrected chi connectivity index (χ0v) is 40.3. The van der Waals surface area contributed by atoms with Crippen LogP contribution in [0.3, 0.4) is 0 Å². The Morgan fingerprint density at radius 3 is 1.69 bits per heavy atom. The number of nitrogens with zero attached hydrogens (tertiary/aromatic N) is 3. The number of carbonyl (C=O) groups is 12. The second kappa shape index (κ2) is 24.2. The number of hydrogen-bond donors (Lipinski definition) is 7. The van der Waals surface area contributed by atoms with Crippen molar-refractivity contribution in [3.05, 3.63) is 82.9 Å². The monoisotopic (exact) mass is 1040 g/mol. The summed E-state index contributed by atoms with van der Waals surface area (Å²) in [6.45, 7) is -0.538. The molecule has 1 fully saturated rings. The van der Waals surface area contributed by atoms with Crippen molar-refractivity contribution in [2.45, 2.75) is 69.9 Å². The maximum Gasteiger partial charge on any atom is 0.322 e. The molecule has 7 rings (SSSR count). The van der Waals surface area contributed by atoms with Gasteiger partial charge in [-0.1, -0.05) is 24.3 Å². The van der Waals surface area contributed by atoms with Crippen LogP contribution in [-0.2, 0) is 38.4 Å². The van der Waals surface area contributed by atoms with E-state index in [1.165, 1.54) is 29.2 Å². The van der Waals surface area contributed by atoms with Crippen molar-refractivity contribution >= 4 is 92.6 Å². The van der Waals surface area contributed by atoms with Crippen LogP contribution in [0.4, 0.5) is 0 Å². The molecule has 2 atom stereocenters. The molecule has 24 nitrogen and oxygen atoms in total. The standard InChI is InChI=1S/C51H53N7O17/c59-38(54-27-43(66)67)18-22-57-48(70)30-12-14-32-45-33(15-13-31(44(30)45)49(57)71)51(73)58(50(32)72)23-20-53-47(69)35-8-3-21-56(35)40(61)11-4-24-74-36-9-1-7-29-28(36)6-2-10-37(29)75-25-5-19-52-46(68)34(26-42(64)65)55-39(60)16-17-41(62)63/h1-2,6-7,9-10,12-15,34-35H,3-5,8,11,16-27H2,(H,52,68)(H,53,69)(H,54,59)(H,55,60)(H,62,63)(H,64,65)(H,66,67)/t34-,35+/m1/s1. The van der Waals surface area contributed by atoms with Gasteiger partial charge in [0.15, 0.2) is 0 Å². The van der Waals surface area contributed by atoms with Gasteiger partial charge in [-0.05, 0) is 62.1 Å². The van der Waals surface area contributed by atoms with Gasteiger partial charge in [0, 0.05) is 95.8 Å². The van der Waals surface area contributed by atoms with Crippen LogP contribution in [0, 0.1) is 0 Å². The van der Waals surface area contributed by atoms with Crippen molar-refractivity contribution in [1.82, 2.24) is 36.0 Å². The quantitative estimate of drug-likeness (QED) is 0.0346. The summed E-state index contributed by atoms with van der Waals surface area (Å²) in [6.07, 6.45) is -0.208. The molecule has 24 heteroatoms. The summed E-state index contributed by atoms with van der Waals surface area (Å²) in [7, 11) is 0. The van der Waals surface area contributed by atoms with Crippen LogP contribution in [0.5, 0.6) is 11.5 Å². The molecule has 0 aromatic heterocycles. The fraction of sp³-hybridized carbons (Fsp3) is 0.373. The van der Waals surface area contributed by atoms with E-state index in [-0.39, 0.29) is 91.2 Å². The first-order valence-electron chi connectivity index (χ1n) is 24.1. The predicted molar refractivity (Wildman–Crippen MR) is 261 cm³/mol. The molecule has 0 radical (unpaired) electrons. The number of carboxylic acid groups (broad SMARTS) is 3. The molecule has 3 aliphatic heterocycles. The normalized spacial score (nSPS) is 15.1. The minimum absolute atomic E-state index is 0.0449. The van der Waals surface area contributed by atoms with E-state index in [9.17, 15) is 62.6 Å². The van der Waals surface area contributed by atoms with Gasteiger partial charge in [0.25, 0.3) is 23.6 Å². The van der Waals surface area contributed by atoms with Gasteiger partial charge in [-0.3, -0.25) is 67.3 Å². The maximum absolute atomic E-state index is 13.8. The van der Waals surface area contributed by atoms with Crippen LogP contribution >= 0.6 is 0 Å². The van der Waals surface area contributed by atoms with E-state index in [2.05, 4.69) is 21.3 Å². The molecular weight excluding hydrogens is 983 g/mol. The fourth-order valence-corrected chi connectivity index (χ4v) is 9.12. The number of hydrogen-bond acceptors (Lipinski definition) is 14. The SMILES string of the molecule is O=C(O)CCC(=O)N[C@H](CC(=O)O)C(=O)NCCCOc1cccc2c(OCCCC(=O)N3CCC[C@H]3C(=O)NCCN3C(=O)c4ccc5c6c(ccc(c46)C3=O)C(=O)N(CCC(=O)NCC(=O)O)C5=O)cccc12. The number of amides is 9. The van der Waals surface area contributed by atoms with Gasteiger partial charge in [-0.2, -0.15) is 0 Å². The molecule has 0 aliphatic carbocycles. The molecule has 0 spiro atoms. The molecule has 0 saturated carbocycles. The van der Waals surface area contributed by atoms with Crippen LogP contribution in [0.15, 0.2) is 60.7 Å². The molecule has 1 saturated heterocycles. The lowest BCUT2D eigenvalue weighted by molar-refractivity contribution is -0.141. The van der Waals surface area contributed by atoms with E-state index in [4.69, 9.17) is 19.7 Å². The van der Waals surface area contributed by atoms with E-state index in [0.29, 0.717) is 43.7 Å². The molecule has 4 aromatic carbocycles. The van der Waals surface area contributed by atoms with E-state index >= 15 is 0 Å². The molecule has 0 unspecified atom stereocenters. The molecular formula is C51H53N7O17. The van der Waals surface area contributed by atoms with Gasteiger partial charge < -0.3 is 51.0 Å². The summed E-state index contributed by atoms with van der Waals surface area (Å²) >= 11 is 0. The number of benzene rings is 4. The third-order valence-corrected chi connectivity index (χ3v) is 12.7. The number of carbonyl (C=O) groups excluding carboxylic acids is 9. The summed E-state index contributed by atoms with van der Waals surface area (Å²) in [5, 5.41) is 38.3. The Morgan fingerprint density at radius 1 is 0.587 bits per heavy atom. The number of carboxylic acids is 3. The molecule has 3 heterocycles. The van der Waals surface area contributed by atoms with Gasteiger partial charge in [0.2, 0.25) is 29.5 Å². The highest BCUT2D eigenvalue weighted by atomic mass is 16.5. The molecule has 75 heavy (non-hydrogen) atoms. The van der Waals surface area contributed by atoms with Gasteiger partial charge in [-0.25, -0.2) is 0 Å². The van der Waals surface area contributed by atoms with Gasteiger partial charge in [0.05, 0.1) is 26.1 Å². The van der Waals surface area contributed by atoms with Crippen molar-refractivity contribution in [2.75, 3.05) is 52.5 Å². The molecule has 7 N–H and O–H groups in total. The van der Waals surface area contributed by atoms with E-state index in [1.807, 2.05) is 12.1 Å². The predicted octanol–water partition coefficient (Wildman–Crippen LogP) is 1.45. The average molecular weight is 1040 g/mol. The van der Waals surface area contributed by atoms with E-state index < -0.39 is 103 Å². The lowest BCUT2D eigenvalue weighted by atomic mass is 9.86. The Balaban J connectivity index is 0.859. The highest BCUT2D eigenvalue weighted by Crippen LogP contribution is 2.38. The number of imide groups is 2. The third-order valence-electron chi connectivity index (χ3n) is 12.7. The Bertz CT molecular complexity index is 2940. The first-order chi connectivity index (χ1) is 35.9. The van der Waals surface area contributed by atoms with Crippen molar-refractivity contribution in [3.63, 3.8) is 0 Å². The first-order valence-corrected chi connectivity index (χ1v) is 24.1. The van der Waals surface area contributed by atoms with Gasteiger partial charge in [0.1, 0.15) is 30.1 Å². The Hall–Kier alpha value is -8.96. The first kappa shape index (κ1) is 53.8. The summed E-state index contributed by atoms with van der Waals surface area (Å²) < 4.78 is 12.1. The van der Waals surface area contributed by atoms with Crippen molar-refractivity contribution < 1.29 is 82.3 Å². The van der Waals surface area contributed by atoms with Crippen LogP contribution < -0.4 is 30.7 Å². The number of fused-ring (bicyclic) bond motifs is 1. The van der Waals surface area contributed by atoms with Crippen molar-refractivity contribution in [3.8, 4) is 11.5 Å². The molecule has 394 valence electrons. The highest BCUT2D eigenvalue weighted by Gasteiger charge is 2.40. The molecule has 4 aromatic rings. The van der Waals surface area contributed by atoms with Crippen molar-refractivity contribution in [2.24, 2.45) is 0 Å². The Morgan fingerprint density at radius 2 is 1.15 bits per heavy atom. The van der Waals surface area contributed by atoms with Gasteiger partial charge >= 0.3 is 17.9 Å². The molecule has 0 bridgehead atoms. The number of ether oxygens (including phenoxy) is 2. The number of rotatable bonds is 26. The average Bonchev–Trinajstić information content (AvgIpc) is 3.88. The minimum atomic E-state index is -1.39. The second-order valence-electron chi connectivity index (χ2n) is 17.7. The van der Waals surface area contributed by atoms with Gasteiger partial charge in [-0.15, -0.1) is 0 Å². The Labute approximate surface area is 426 Å². The summed E-state index contributed by atoms with van der Waals surface area (Å²) in [4.78, 5) is 154. The van der Waals surface area contributed by atoms with Crippen LogP contribution in [0.1, 0.15) is 99.2 Å².